The molecule has 1 aliphatic carbocycles. The van der Waals surface area contributed by atoms with Gasteiger partial charge >= 0.3 is 0 Å². The SMILES string of the molecule is CCN(C(=O)c1ccc(OC)c(O)c1)C1CCCCC1. The molecule has 1 aliphatic rings. The van der Waals surface area contributed by atoms with Gasteiger partial charge in [-0.2, -0.15) is 0 Å². The van der Waals surface area contributed by atoms with E-state index in [2.05, 4.69) is 0 Å². The zero-order valence-electron chi connectivity index (χ0n) is 12.3. The van der Waals surface area contributed by atoms with Crippen molar-refractivity contribution in [3.05, 3.63) is 23.8 Å². The van der Waals surface area contributed by atoms with E-state index in [1.165, 1.54) is 32.4 Å². The molecule has 0 atom stereocenters. The molecule has 1 N–H and O–H groups in total. The Hall–Kier alpha value is -1.71. The Morgan fingerprint density at radius 3 is 2.60 bits per heavy atom. The molecular formula is C16H23NO3. The van der Waals surface area contributed by atoms with Crippen molar-refractivity contribution < 1.29 is 14.6 Å². The van der Waals surface area contributed by atoms with Crippen LogP contribution in [0.15, 0.2) is 18.2 Å². The Balaban J connectivity index is 2.17. The summed E-state index contributed by atoms with van der Waals surface area (Å²) < 4.78 is 5.01. The molecule has 110 valence electrons. The van der Waals surface area contributed by atoms with Gasteiger partial charge in [-0.25, -0.2) is 0 Å². The van der Waals surface area contributed by atoms with E-state index >= 15 is 0 Å². The van der Waals surface area contributed by atoms with Crippen LogP contribution in [0.1, 0.15) is 49.4 Å². The van der Waals surface area contributed by atoms with E-state index in [1.807, 2.05) is 11.8 Å². The molecule has 1 amide bonds. The molecule has 1 aromatic rings. The van der Waals surface area contributed by atoms with E-state index in [-0.39, 0.29) is 11.7 Å². The fourth-order valence-corrected chi connectivity index (χ4v) is 2.95. The van der Waals surface area contributed by atoms with E-state index in [0.717, 1.165) is 12.8 Å². The maximum absolute atomic E-state index is 12.6. The number of nitrogens with zero attached hydrogens (tertiary/aromatic N) is 1. The van der Waals surface area contributed by atoms with E-state index in [4.69, 9.17) is 4.74 Å². The maximum Gasteiger partial charge on any atom is 0.254 e. The second-order valence-electron chi connectivity index (χ2n) is 5.27. The number of aromatic hydroxyl groups is 1. The van der Waals surface area contributed by atoms with Crippen LogP contribution in [0.2, 0.25) is 0 Å². The zero-order chi connectivity index (χ0) is 14.5. The van der Waals surface area contributed by atoms with E-state index in [9.17, 15) is 9.90 Å². The molecule has 20 heavy (non-hydrogen) atoms. The molecule has 0 saturated heterocycles. The Morgan fingerprint density at radius 1 is 1.35 bits per heavy atom. The number of ether oxygens (including phenoxy) is 1. The number of benzene rings is 1. The highest BCUT2D eigenvalue weighted by Gasteiger charge is 2.25. The number of carbonyl (C=O) groups excluding carboxylic acids is 1. The molecule has 1 aromatic carbocycles. The van der Waals surface area contributed by atoms with Crippen LogP contribution < -0.4 is 4.74 Å². The van der Waals surface area contributed by atoms with Gasteiger partial charge in [-0.05, 0) is 38.0 Å². The van der Waals surface area contributed by atoms with Crippen molar-refractivity contribution >= 4 is 5.91 Å². The summed E-state index contributed by atoms with van der Waals surface area (Å²) in [5, 5.41) is 9.81. The van der Waals surface area contributed by atoms with Crippen LogP contribution in [0.5, 0.6) is 11.5 Å². The average molecular weight is 277 g/mol. The minimum Gasteiger partial charge on any atom is -0.504 e. The van der Waals surface area contributed by atoms with Gasteiger partial charge in [0.1, 0.15) is 0 Å². The van der Waals surface area contributed by atoms with Gasteiger partial charge in [-0.1, -0.05) is 19.3 Å². The average Bonchev–Trinajstić information content (AvgIpc) is 2.49. The van der Waals surface area contributed by atoms with E-state index in [1.54, 1.807) is 12.1 Å². The first-order chi connectivity index (χ1) is 9.67. The summed E-state index contributed by atoms with van der Waals surface area (Å²) in [5.74, 6) is 0.401. The zero-order valence-corrected chi connectivity index (χ0v) is 12.3. The van der Waals surface area contributed by atoms with Gasteiger partial charge in [0, 0.05) is 18.2 Å². The second-order valence-corrected chi connectivity index (χ2v) is 5.27. The highest BCUT2D eigenvalue weighted by Crippen LogP contribution is 2.28. The minimum absolute atomic E-state index is 0.00245. The summed E-state index contributed by atoms with van der Waals surface area (Å²) >= 11 is 0. The quantitative estimate of drug-likeness (QED) is 0.919. The summed E-state index contributed by atoms with van der Waals surface area (Å²) in [6.07, 6.45) is 5.83. The van der Waals surface area contributed by atoms with Gasteiger partial charge in [0.15, 0.2) is 11.5 Å². The van der Waals surface area contributed by atoms with Crippen LogP contribution in [0.25, 0.3) is 0 Å². The number of amides is 1. The van der Waals surface area contributed by atoms with Crippen LogP contribution in [0, 0.1) is 0 Å². The van der Waals surface area contributed by atoms with Crippen molar-refractivity contribution in [1.82, 2.24) is 4.90 Å². The van der Waals surface area contributed by atoms with Crippen molar-refractivity contribution in [3.63, 3.8) is 0 Å². The van der Waals surface area contributed by atoms with Crippen LogP contribution in [-0.2, 0) is 0 Å². The molecule has 0 aromatic heterocycles. The Morgan fingerprint density at radius 2 is 2.05 bits per heavy atom. The number of hydrogen-bond donors (Lipinski definition) is 1. The second kappa shape index (κ2) is 6.64. The summed E-state index contributed by atoms with van der Waals surface area (Å²) in [7, 11) is 1.50. The van der Waals surface area contributed by atoms with E-state index in [0.29, 0.717) is 23.9 Å². The smallest absolute Gasteiger partial charge is 0.254 e. The summed E-state index contributed by atoms with van der Waals surface area (Å²) in [5.41, 5.74) is 0.524. The third kappa shape index (κ3) is 3.06. The normalized spacial score (nSPS) is 15.9. The van der Waals surface area contributed by atoms with Crippen molar-refractivity contribution in [2.45, 2.75) is 45.1 Å². The first kappa shape index (κ1) is 14.7. The molecule has 4 heteroatoms. The molecule has 1 saturated carbocycles. The fraction of sp³-hybridized carbons (Fsp3) is 0.562. The number of carbonyl (C=O) groups is 1. The maximum atomic E-state index is 12.6. The topological polar surface area (TPSA) is 49.8 Å². The number of phenolic OH excluding ortho intramolecular Hbond substituents is 1. The molecule has 4 nitrogen and oxygen atoms in total. The lowest BCUT2D eigenvalue weighted by Crippen LogP contribution is -2.41. The van der Waals surface area contributed by atoms with Crippen molar-refractivity contribution in [1.29, 1.82) is 0 Å². The molecule has 0 aliphatic heterocycles. The molecule has 0 unspecified atom stereocenters. The molecule has 0 bridgehead atoms. The first-order valence-electron chi connectivity index (χ1n) is 7.35. The lowest BCUT2D eigenvalue weighted by molar-refractivity contribution is 0.0647. The Labute approximate surface area is 120 Å². The summed E-state index contributed by atoms with van der Waals surface area (Å²) in [6, 6.07) is 5.18. The lowest BCUT2D eigenvalue weighted by atomic mass is 9.93. The predicted molar refractivity (Wildman–Crippen MR) is 78.2 cm³/mol. The molecule has 0 radical (unpaired) electrons. The van der Waals surface area contributed by atoms with Gasteiger partial charge in [-0.15, -0.1) is 0 Å². The molecular weight excluding hydrogens is 254 g/mol. The standard InChI is InChI=1S/C16H23NO3/c1-3-17(13-7-5-4-6-8-13)16(19)12-9-10-15(20-2)14(18)11-12/h9-11,13,18H,3-8H2,1-2H3. The highest BCUT2D eigenvalue weighted by molar-refractivity contribution is 5.95. The molecule has 1 fully saturated rings. The summed E-state index contributed by atoms with van der Waals surface area (Å²) in [4.78, 5) is 14.5. The van der Waals surface area contributed by atoms with Gasteiger partial charge < -0.3 is 14.7 Å². The van der Waals surface area contributed by atoms with Crippen molar-refractivity contribution in [3.8, 4) is 11.5 Å². The van der Waals surface area contributed by atoms with Crippen LogP contribution in [0.3, 0.4) is 0 Å². The van der Waals surface area contributed by atoms with Crippen LogP contribution >= 0.6 is 0 Å². The number of methoxy groups -OCH3 is 1. The monoisotopic (exact) mass is 277 g/mol. The Kier molecular flexibility index (Phi) is 4.88. The Bertz CT molecular complexity index is 467. The fourth-order valence-electron chi connectivity index (χ4n) is 2.95. The third-order valence-corrected chi connectivity index (χ3v) is 4.04. The van der Waals surface area contributed by atoms with Crippen molar-refractivity contribution in [2.75, 3.05) is 13.7 Å². The molecule has 2 rings (SSSR count). The van der Waals surface area contributed by atoms with Crippen molar-refractivity contribution in [2.24, 2.45) is 0 Å². The summed E-state index contributed by atoms with van der Waals surface area (Å²) in [6.45, 7) is 2.71. The predicted octanol–water partition coefficient (Wildman–Crippen LogP) is 3.20. The molecule has 0 heterocycles. The van der Waals surface area contributed by atoms with Gasteiger partial charge in [0.2, 0.25) is 0 Å². The van der Waals surface area contributed by atoms with Crippen LogP contribution in [-0.4, -0.2) is 35.6 Å². The lowest BCUT2D eigenvalue weighted by Gasteiger charge is -2.33. The number of hydrogen-bond acceptors (Lipinski definition) is 3. The van der Waals surface area contributed by atoms with Gasteiger partial charge in [0.05, 0.1) is 7.11 Å². The van der Waals surface area contributed by atoms with Gasteiger partial charge in [-0.3, -0.25) is 4.79 Å². The van der Waals surface area contributed by atoms with Gasteiger partial charge in [0.25, 0.3) is 5.91 Å². The number of phenols is 1. The highest BCUT2D eigenvalue weighted by atomic mass is 16.5. The first-order valence-corrected chi connectivity index (χ1v) is 7.35. The molecule has 0 spiro atoms. The van der Waals surface area contributed by atoms with E-state index < -0.39 is 0 Å². The largest absolute Gasteiger partial charge is 0.504 e. The minimum atomic E-state index is -0.00245. The number of rotatable bonds is 4. The van der Waals surface area contributed by atoms with Crippen LogP contribution in [0.4, 0.5) is 0 Å². The third-order valence-electron chi connectivity index (χ3n) is 4.04.